The van der Waals surface area contributed by atoms with Gasteiger partial charge in [-0.2, -0.15) is 0 Å². The lowest BCUT2D eigenvalue weighted by atomic mass is 9.98. The monoisotopic (exact) mass is 510 g/mol. The van der Waals surface area contributed by atoms with Gasteiger partial charge in [0.1, 0.15) is 18.5 Å². The molecular formula is C31H30N2O5. The molecule has 7 heteroatoms. The van der Waals surface area contributed by atoms with Crippen molar-refractivity contribution in [2.24, 2.45) is 0 Å². The molecule has 1 aromatic heterocycles. The summed E-state index contributed by atoms with van der Waals surface area (Å²) < 4.78 is 12.6. The molecule has 1 aliphatic rings. The zero-order valence-electron chi connectivity index (χ0n) is 21.6. The zero-order chi connectivity index (χ0) is 26.9. The number of amides is 1. The van der Waals surface area contributed by atoms with Crippen LogP contribution in [0.2, 0.25) is 0 Å². The predicted molar refractivity (Wildman–Crippen MR) is 145 cm³/mol. The molecule has 194 valence electrons. The van der Waals surface area contributed by atoms with Gasteiger partial charge in [-0.25, -0.2) is 9.59 Å². The molecule has 1 N–H and O–H groups in total. The van der Waals surface area contributed by atoms with E-state index in [2.05, 4.69) is 29.6 Å². The molecule has 0 radical (unpaired) electrons. The molecule has 7 nitrogen and oxygen atoms in total. The molecule has 0 aliphatic heterocycles. The Labute approximate surface area is 221 Å². The van der Waals surface area contributed by atoms with Crippen LogP contribution >= 0.6 is 0 Å². The summed E-state index contributed by atoms with van der Waals surface area (Å²) in [5.74, 6) is -0.0744. The molecule has 0 saturated heterocycles. The fraction of sp³-hybridized carbons (Fsp3) is 0.258. The molecule has 0 bridgehead atoms. The topological polar surface area (TPSA) is 86.6 Å². The van der Waals surface area contributed by atoms with Gasteiger partial charge in [-0.3, -0.25) is 4.57 Å². The Bertz CT molecular complexity index is 1470. The first-order valence-corrected chi connectivity index (χ1v) is 12.6. The Morgan fingerprint density at radius 1 is 0.947 bits per heavy atom. The van der Waals surface area contributed by atoms with Crippen LogP contribution in [-0.2, 0) is 20.7 Å². The molecule has 4 aromatic rings. The number of carbonyl (C=O) groups is 3. The SMILES string of the molecule is CC(C)(C)OC(=O)n1cc(C[C@H](C=O)NC(=O)OCC2c3ccccc3-c3ccccc32)c2ccccc21. The van der Waals surface area contributed by atoms with E-state index in [1.165, 1.54) is 4.57 Å². The van der Waals surface area contributed by atoms with Crippen molar-refractivity contribution in [2.75, 3.05) is 6.61 Å². The number of hydrogen-bond donors (Lipinski definition) is 1. The van der Waals surface area contributed by atoms with Gasteiger partial charge in [0.05, 0.1) is 11.6 Å². The van der Waals surface area contributed by atoms with Gasteiger partial charge in [-0.05, 0) is 54.7 Å². The number of benzene rings is 3. The van der Waals surface area contributed by atoms with Crippen LogP contribution in [0.25, 0.3) is 22.0 Å². The van der Waals surface area contributed by atoms with Crippen LogP contribution < -0.4 is 5.32 Å². The third-order valence-corrected chi connectivity index (χ3v) is 6.64. The highest BCUT2D eigenvalue weighted by Gasteiger charge is 2.29. The van der Waals surface area contributed by atoms with Gasteiger partial charge in [-0.1, -0.05) is 66.7 Å². The maximum Gasteiger partial charge on any atom is 0.419 e. The van der Waals surface area contributed by atoms with E-state index in [1.54, 1.807) is 27.0 Å². The van der Waals surface area contributed by atoms with Crippen LogP contribution in [0.15, 0.2) is 79.0 Å². The van der Waals surface area contributed by atoms with E-state index in [4.69, 9.17) is 9.47 Å². The van der Waals surface area contributed by atoms with E-state index < -0.39 is 23.8 Å². The second-order valence-corrected chi connectivity index (χ2v) is 10.4. The van der Waals surface area contributed by atoms with E-state index >= 15 is 0 Å². The highest BCUT2D eigenvalue weighted by atomic mass is 16.6. The van der Waals surface area contributed by atoms with Gasteiger partial charge >= 0.3 is 12.2 Å². The number of ether oxygens (including phenoxy) is 2. The number of para-hydroxylation sites is 1. The van der Waals surface area contributed by atoms with Gasteiger partial charge in [0.2, 0.25) is 0 Å². The first kappa shape index (κ1) is 25.3. The number of aldehydes is 1. The summed E-state index contributed by atoms with van der Waals surface area (Å²) in [7, 11) is 0. The first-order valence-electron chi connectivity index (χ1n) is 12.6. The standard InChI is InChI=1S/C31H30N2O5/c1-31(2,3)38-30(36)33-17-20(22-10-8-9-15-28(22)33)16-21(18-34)32-29(35)37-19-27-25-13-6-4-11-23(25)24-12-5-7-14-26(24)27/h4-15,17-18,21,27H,16,19H2,1-3H3,(H,32,35)/t21-/m1/s1. The lowest BCUT2D eigenvalue weighted by molar-refractivity contribution is -0.109. The fourth-order valence-electron chi connectivity index (χ4n) is 5.04. The van der Waals surface area contributed by atoms with Crippen LogP contribution in [0.1, 0.15) is 43.4 Å². The predicted octanol–water partition coefficient (Wildman–Crippen LogP) is 6.07. The summed E-state index contributed by atoms with van der Waals surface area (Å²) >= 11 is 0. The fourth-order valence-corrected chi connectivity index (χ4v) is 5.04. The average Bonchev–Trinajstić information content (AvgIpc) is 3.42. The number of nitrogens with one attached hydrogen (secondary N) is 1. The number of aromatic nitrogens is 1. The quantitative estimate of drug-likeness (QED) is 0.318. The maximum absolute atomic E-state index is 12.8. The Morgan fingerprint density at radius 2 is 1.55 bits per heavy atom. The van der Waals surface area contributed by atoms with Crippen molar-refractivity contribution >= 4 is 29.4 Å². The third kappa shape index (κ3) is 5.05. The Balaban J connectivity index is 1.28. The molecule has 0 fully saturated rings. The van der Waals surface area contributed by atoms with Crippen molar-refractivity contribution in [1.29, 1.82) is 0 Å². The summed E-state index contributed by atoms with van der Waals surface area (Å²) in [6.45, 7) is 5.57. The lowest BCUT2D eigenvalue weighted by Crippen LogP contribution is -2.38. The van der Waals surface area contributed by atoms with Crippen molar-refractivity contribution in [3.05, 3.63) is 95.7 Å². The summed E-state index contributed by atoms with van der Waals surface area (Å²) in [6.07, 6.45) is 1.37. The van der Waals surface area contributed by atoms with Crippen LogP contribution in [0.3, 0.4) is 0 Å². The molecule has 1 amide bonds. The lowest BCUT2D eigenvalue weighted by Gasteiger charge is -2.19. The van der Waals surface area contributed by atoms with Crippen molar-refractivity contribution in [2.45, 2.75) is 44.8 Å². The van der Waals surface area contributed by atoms with Gasteiger partial charge in [0.25, 0.3) is 0 Å². The number of carbonyl (C=O) groups excluding carboxylic acids is 3. The van der Waals surface area contributed by atoms with Crippen LogP contribution in [-0.4, -0.2) is 41.3 Å². The summed E-state index contributed by atoms with van der Waals surface area (Å²) in [5.41, 5.74) is 5.27. The van der Waals surface area contributed by atoms with Crippen molar-refractivity contribution in [3.8, 4) is 11.1 Å². The molecule has 0 saturated carbocycles. The second kappa shape index (κ2) is 10.2. The average molecular weight is 511 g/mol. The van der Waals surface area contributed by atoms with Crippen LogP contribution in [0.5, 0.6) is 0 Å². The molecule has 1 heterocycles. The van der Waals surface area contributed by atoms with Gasteiger partial charge in [0.15, 0.2) is 0 Å². The minimum atomic E-state index is -0.830. The van der Waals surface area contributed by atoms with E-state index in [0.29, 0.717) is 11.8 Å². The van der Waals surface area contributed by atoms with Crippen LogP contribution in [0.4, 0.5) is 9.59 Å². The molecule has 38 heavy (non-hydrogen) atoms. The second-order valence-electron chi connectivity index (χ2n) is 10.4. The number of rotatable bonds is 6. The highest BCUT2D eigenvalue weighted by Crippen LogP contribution is 2.44. The molecule has 0 spiro atoms. The minimum absolute atomic E-state index is 0.0744. The van der Waals surface area contributed by atoms with E-state index in [0.717, 1.165) is 33.2 Å². The molecule has 3 aromatic carbocycles. The summed E-state index contributed by atoms with van der Waals surface area (Å²) in [5, 5.41) is 3.48. The smallest absolute Gasteiger partial charge is 0.419 e. The van der Waals surface area contributed by atoms with E-state index in [1.807, 2.05) is 48.5 Å². The number of nitrogens with zero attached hydrogens (tertiary/aromatic N) is 1. The maximum atomic E-state index is 12.8. The minimum Gasteiger partial charge on any atom is -0.449 e. The first-order chi connectivity index (χ1) is 18.2. The Kier molecular flexibility index (Phi) is 6.76. The van der Waals surface area contributed by atoms with Crippen molar-refractivity contribution in [3.63, 3.8) is 0 Å². The van der Waals surface area contributed by atoms with Gasteiger partial charge in [0, 0.05) is 23.9 Å². The highest BCUT2D eigenvalue weighted by molar-refractivity contribution is 5.92. The molecular weight excluding hydrogens is 480 g/mol. The third-order valence-electron chi connectivity index (χ3n) is 6.64. The number of fused-ring (bicyclic) bond motifs is 4. The van der Waals surface area contributed by atoms with Crippen LogP contribution in [0, 0.1) is 0 Å². The zero-order valence-corrected chi connectivity index (χ0v) is 21.6. The number of hydrogen-bond acceptors (Lipinski definition) is 5. The summed E-state index contributed by atoms with van der Waals surface area (Å²) in [4.78, 5) is 37.5. The molecule has 1 aliphatic carbocycles. The van der Waals surface area contributed by atoms with Gasteiger partial charge < -0.3 is 19.6 Å². The van der Waals surface area contributed by atoms with E-state index in [9.17, 15) is 14.4 Å². The Morgan fingerprint density at radius 3 is 2.18 bits per heavy atom. The summed E-state index contributed by atoms with van der Waals surface area (Å²) in [6, 6.07) is 22.8. The van der Waals surface area contributed by atoms with E-state index in [-0.39, 0.29) is 18.9 Å². The Hall–Kier alpha value is -4.39. The largest absolute Gasteiger partial charge is 0.449 e. The normalized spacial score (nSPS) is 13.4. The molecule has 0 unspecified atom stereocenters. The molecule has 5 rings (SSSR count). The van der Waals surface area contributed by atoms with Crippen molar-refractivity contribution in [1.82, 2.24) is 9.88 Å². The molecule has 1 atom stereocenters. The van der Waals surface area contributed by atoms with Crippen molar-refractivity contribution < 1.29 is 23.9 Å². The number of alkyl carbamates (subject to hydrolysis) is 1. The van der Waals surface area contributed by atoms with Gasteiger partial charge in [-0.15, -0.1) is 0 Å².